The third-order valence-electron chi connectivity index (χ3n) is 5.71. The van der Waals surface area contributed by atoms with Crippen molar-refractivity contribution in [1.29, 1.82) is 0 Å². The quantitative estimate of drug-likeness (QED) is 0.863. The molecule has 1 aromatic rings. The van der Waals surface area contributed by atoms with Crippen molar-refractivity contribution in [2.45, 2.75) is 32.1 Å². The van der Waals surface area contributed by atoms with E-state index in [0.717, 1.165) is 60.8 Å². The Labute approximate surface area is 159 Å². The Kier molecular flexibility index (Phi) is 6.26. The molecule has 25 heavy (non-hydrogen) atoms. The second-order valence-electron chi connectivity index (χ2n) is 7.27. The molecule has 0 aliphatic carbocycles. The first-order valence-electron chi connectivity index (χ1n) is 9.05. The van der Waals surface area contributed by atoms with Gasteiger partial charge in [-0.2, -0.15) is 0 Å². The lowest BCUT2D eigenvalue weighted by molar-refractivity contribution is -0.148. The number of nitrogens with zero attached hydrogens (tertiary/aromatic N) is 1. The van der Waals surface area contributed by atoms with Gasteiger partial charge in [0.2, 0.25) is 5.91 Å². The number of carbonyl (C=O) groups excluding carboxylic acids is 1. The molecule has 3 rings (SSSR count). The zero-order chi connectivity index (χ0) is 17.9. The van der Waals surface area contributed by atoms with Crippen LogP contribution in [0.5, 0.6) is 0 Å². The summed E-state index contributed by atoms with van der Waals surface area (Å²) in [7, 11) is 0. The molecule has 1 aromatic carbocycles. The molecule has 2 fully saturated rings. The van der Waals surface area contributed by atoms with Crippen molar-refractivity contribution in [3.8, 4) is 0 Å². The van der Waals surface area contributed by atoms with Gasteiger partial charge in [0.05, 0.1) is 5.41 Å². The molecule has 0 atom stereocenters. The Balaban J connectivity index is 1.58. The van der Waals surface area contributed by atoms with E-state index in [1.807, 2.05) is 23.1 Å². The zero-order valence-corrected chi connectivity index (χ0v) is 16.0. The maximum atomic E-state index is 13.0. The molecule has 0 bridgehead atoms. The van der Waals surface area contributed by atoms with Gasteiger partial charge in [0, 0.05) is 42.9 Å². The fourth-order valence-corrected chi connectivity index (χ4v) is 4.34. The van der Waals surface area contributed by atoms with E-state index in [1.165, 1.54) is 0 Å². The topological polar surface area (TPSA) is 55.6 Å². The van der Waals surface area contributed by atoms with Gasteiger partial charge in [-0.05, 0) is 61.8 Å². The first kappa shape index (κ1) is 19.0. The molecule has 2 saturated heterocycles. The normalized spacial score (nSPS) is 21.3. The van der Waals surface area contributed by atoms with Crippen LogP contribution in [0.3, 0.4) is 0 Å². The van der Waals surface area contributed by atoms with E-state index in [0.29, 0.717) is 25.7 Å². The minimum Gasteiger partial charge on any atom is -0.381 e. The maximum absolute atomic E-state index is 13.0. The van der Waals surface area contributed by atoms with E-state index in [1.54, 1.807) is 0 Å². The first-order chi connectivity index (χ1) is 12.0. The molecule has 0 unspecified atom stereocenters. The molecule has 4 nitrogen and oxygen atoms in total. The molecule has 1 amide bonds. The average Bonchev–Trinajstić information content (AvgIpc) is 2.65. The first-order valence-corrected chi connectivity index (χ1v) is 9.81. The number of hydrogen-bond acceptors (Lipinski definition) is 3. The summed E-state index contributed by atoms with van der Waals surface area (Å²) in [6, 6.07) is 5.62. The summed E-state index contributed by atoms with van der Waals surface area (Å²) in [5.74, 6) is 0.751. The van der Waals surface area contributed by atoms with Gasteiger partial charge in [0.25, 0.3) is 0 Å². The summed E-state index contributed by atoms with van der Waals surface area (Å²) in [6.07, 6.45) is 4.37. The second-order valence-corrected chi connectivity index (χ2v) is 8.12. The van der Waals surface area contributed by atoms with Gasteiger partial charge in [0.15, 0.2) is 0 Å². The van der Waals surface area contributed by atoms with Crippen molar-refractivity contribution in [1.82, 2.24) is 4.90 Å². The van der Waals surface area contributed by atoms with E-state index in [2.05, 4.69) is 0 Å². The minimum atomic E-state index is -0.415. The highest BCUT2D eigenvalue weighted by Gasteiger charge is 2.42. The van der Waals surface area contributed by atoms with Crippen LogP contribution in [0.4, 0.5) is 0 Å². The van der Waals surface area contributed by atoms with Crippen molar-refractivity contribution in [3.05, 3.63) is 33.8 Å². The number of hydrogen-bond donors (Lipinski definition) is 1. The highest BCUT2D eigenvalue weighted by molar-refractivity contribution is 6.33. The second kappa shape index (κ2) is 8.26. The standard InChI is InChI=1S/C19H26Cl2N2O2/c20-16-1-2-17(21)15(12-16)11-14-3-7-23(8-4-14)18(24)19(13-22)5-9-25-10-6-19/h1-2,12,14H,3-11,13,22H2. The minimum absolute atomic E-state index is 0.220. The summed E-state index contributed by atoms with van der Waals surface area (Å²) in [5, 5.41) is 1.49. The van der Waals surface area contributed by atoms with Gasteiger partial charge in [0.1, 0.15) is 0 Å². The van der Waals surface area contributed by atoms with E-state index >= 15 is 0 Å². The summed E-state index contributed by atoms with van der Waals surface area (Å²) in [4.78, 5) is 15.0. The number of nitrogens with two attached hydrogens (primary N) is 1. The highest BCUT2D eigenvalue weighted by Crippen LogP contribution is 2.34. The Morgan fingerprint density at radius 3 is 2.56 bits per heavy atom. The number of likely N-dealkylation sites (tertiary alicyclic amines) is 1. The molecular weight excluding hydrogens is 359 g/mol. The molecule has 0 radical (unpaired) electrons. The van der Waals surface area contributed by atoms with E-state index in [9.17, 15) is 4.79 Å². The molecular formula is C19H26Cl2N2O2. The summed E-state index contributed by atoms with van der Waals surface area (Å²) >= 11 is 12.4. The Morgan fingerprint density at radius 2 is 1.92 bits per heavy atom. The Morgan fingerprint density at radius 1 is 1.24 bits per heavy atom. The van der Waals surface area contributed by atoms with Gasteiger partial charge in [-0.25, -0.2) is 0 Å². The molecule has 6 heteroatoms. The van der Waals surface area contributed by atoms with Crippen LogP contribution in [0.15, 0.2) is 18.2 Å². The number of carbonyl (C=O) groups is 1. The van der Waals surface area contributed by atoms with Gasteiger partial charge in [-0.3, -0.25) is 4.79 Å². The number of benzene rings is 1. The van der Waals surface area contributed by atoms with E-state index in [-0.39, 0.29) is 5.91 Å². The molecule has 0 aromatic heterocycles. The Bertz CT molecular complexity index is 609. The third kappa shape index (κ3) is 4.30. The molecule has 2 N–H and O–H groups in total. The lowest BCUT2D eigenvalue weighted by Crippen LogP contribution is -2.52. The molecule has 0 saturated carbocycles. The third-order valence-corrected chi connectivity index (χ3v) is 6.32. The highest BCUT2D eigenvalue weighted by atomic mass is 35.5. The van der Waals surface area contributed by atoms with Crippen LogP contribution in [0.2, 0.25) is 10.0 Å². The van der Waals surface area contributed by atoms with Crippen LogP contribution >= 0.6 is 23.2 Å². The smallest absolute Gasteiger partial charge is 0.230 e. The lowest BCUT2D eigenvalue weighted by atomic mass is 9.78. The number of amides is 1. The SMILES string of the molecule is NCC1(C(=O)N2CCC(Cc3cc(Cl)ccc3Cl)CC2)CCOCC1. The largest absolute Gasteiger partial charge is 0.381 e. The fourth-order valence-electron chi connectivity index (χ4n) is 3.95. The fraction of sp³-hybridized carbons (Fsp3) is 0.632. The van der Waals surface area contributed by atoms with Crippen molar-refractivity contribution in [3.63, 3.8) is 0 Å². The summed E-state index contributed by atoms with van der Waals surface area (Å²) in [5.41, 5.74) is 6.66. The van der Waals surface area contributed by atoms with E-state index in [4.69, 9.17) is 33.7 Å². The zero-order valence-electron chi connectivity index (χ0n) is 14.5. The lowest BCUT2D eigenvalue weighted by Gasteiger charge is -2.41. The van der Waals surface area contributed by atoms with Crippen molar-refractivity contribution >= 4 is 29.1 Å². The molecule has 2 aliphatic heterocycles. The predicted molar refractivity (Wildman–Crippen MR) is 101 cm³/mol. The predicted octanol–water partition coefficient (Wildman–Crippen LogP) is 3.53. The monoisotopic (exact) mass is 384 g/mol. The molecule has 138 valence electrons. The van der Waals surface area contributed by atoms with Crippen LogP contribution in [0.25, 0.3) is 0 Å². The number of piperidine rings is 1. The van der Waals surface area contributed by atoms with Crippen LogP contribution in [0.1, 0.15) is 31.2 Å². The number of rotatable bonds is 4. The summed E-state index contributed by atoms with van der Waals surface area (Å²) in [6.45, 7) is 3.27. The van der Waals surface area contributed by atoms with Crippen molar-refractivity contribution < 1.29 is 9.53 Å². The molecule has 0 spiro atoms. The van der Waals surface area contributed by atoms with Gasteiger partial charge in [-0.1, -0.05) is 23.2 Å². The average molecular weight is 385 g/mol. The van der Waals surface area contributed by atoms with Gasteiger partial charge >= 0.3 is 0 Å². The number of ether oxygens (including phenoxy) is 1. The molecule has 2 heterocycles. The number of halogens is 2. The summed E-state index contributed by atoms with van der Waals surface area (Å²) < 4.78 is 5.42. The Hall–Kier alpha value is -0.810. The van der Waals surface area contributed by atoms with E-state index < -0.39 is 5.41 Å². The van der Waals surface area contributed by atoms with Crippen LogP contribution in [-0.2, 0) is 16.0 Å². The van der Waals surface area contributed by atoms with Crippen LogP contribution < -0.4 is 5.73 Å². The van der Waals surface area contributed by atoms with Crippen molar-refractivity contribution in [2.24, 2.45) is 17.1 Å². The van der Waals surface area contributed by atoms with Crippen LogP contribution in [-0.4, -0.2) is 43.7 Å². The van der Waals surface area contributed by atoms with Gasteiger partial charge in [-0.15, -0.1) is 0 Å². The van der Waals surface area contributed by atoms with Crippen LogP contribution in [0, 0.1) is 11.3 Å². The van der Waals surface area contributed by atoms with Gasteiger partial charge < -0.3 is 15.4 Å². The van der Waals surface area contributed by atoms with Crippen molar-refractivity contribution in [2.75, 3.05) is 32.8 Å². The maximum Gasteiger partial charge on any atom is 0.230 e. The molecule has 2 aliphatic rings.